The fourth-order valence-corrected chi connectivity index (χ4v) is 1.15. The molecule has 1 N–H and O–H groups in total. The maximum atomic E-state index is 11.4. The van der Waals surface area contributed by atoms with E-state index in [1.54, 1.807) is 13.8 Å². The minimum Gasteiger partial charge on any atom is -0.434 e. The fourth-order valence-electron chi connectivity index (χ4n) is 1.15. The number of carbonyl (C=O) groups excluding carboxylic acids is 1. The predicted octanol–water partition coefficient (Wildman–Crippen LogP) is 1.41. The molecule has 0 saturated carbocycles. The number of carbonyl (C=O) groups is 1. The molecule has 0 aliphatic carbocycles. The average molecular weight is 278 g/mol. The minimum atomic E-state index is -0.698. The van der Waals surface area contributed by atoms with Gasteiger partial charge in [0.05, 0.1) is 37.3 Å². The lowest BCUT2D eigenvalue weighted by atomic mass is 10.5. The van der Waals surface area contributed by atoms with Crippen LogP contribution in [0.4, 0.5) is 4.79 Å². The van der Waals surface area contributed by atoms with Crippen LogP contribution in [0.2, 0.25) is 0 Å². The average Bonchev–Trinajstić information content (AvgIpc) is 2.34. The molecular weight excluding hydrogens is 254 g/mol. The van der Waals surface area contributed by atoms with E-state index in [4.69, 9.17) is 14.3 Å². The van der Waals surface area contributed by atoms with Crippen LogP contribution in [-0.4, -0.2) is 48.5 Å². The molecule has 0 fully saturated rings. The molecule has 0 radical (unpaired) electrons. The van der Waals surface area contributed by atoms with Crippen molar-refractivity contribution in [2.24, 2.45) is 0 Å². The third-order valence-electron chi connectivity index (χ3n) is 2.07. The van der Waals surface area contributed by atoms with E-state index in [9.17, 15) is 9.70 Å². The summed E-state index contributed by atoms with van der Waals surface area (Å²) in [6.45, 7) is 8.80. The molecule has 0 aliphatic rings. The molecule has 0 aliphatic heterocycles. The topological polar surface area (TPSA) is 80.1 Å². The molecule has 0 aromatic carbocycles. The number of nitroso groups, excluding NO2 is 1. The second-order valence-corrected chi connectivity index (χ2v) is 3.97. The molecule has 0 aromatic heterocycles. The Hall–Kier alpha value is -1.57. The van der Waals surface area contributed by atoms with E-state index < -0.39 is 6.16 Å². The van der Waals surface area contributed by atoms with Gasteiger partial charge in [-0.3, -0.25) is 0 Å². The maximum Gasteiger partial charge on any atom is 0.508 e. The Kier molecular flexibility index (Phi) is 9.51. The standard InChI is InChI=1S/C11H24N3O5/c1-5-13(6-2)14(16)12-18-9-7-8-17-11(15)19-10(3)4/h10H,5-9H2,1-4H3,(H,12,16)/q+1. The second kappa shape index (κ2) is 10.4. The van der Waals surface area contributed by atoms with Gasteiger partial charge in [0.25, 0.3) is 4.98 Å². The van der Waals surface area contributed by atoms with Gasteiger partial charge >= 0.3 is 6.16 Å². The Morgan fingerprint density at radius 3 is 2.42 bits per heavy atom. The highest BCUT2D eigenvalue weighted by Gasteiger charge is 2.16. The Balaban J connectivity index is 3.50. The van der Waals surface area contributed by atoms with Crippen LogP contribution < -0.4 is 5.59 Å². The zero-order valence-corrected chi connectivity index (χ0v) is 12.0. The zero-order chi connectivity index (χ0) is 14.7. The minimum absolute atomic E-state index is 0.178. The summed E-state index contributed by atoms with van der Waals surface area (Å²) < 4.78 is 9.55. The molecule has 8 heteroatoms. The van der Waals surface area contributed by atoms with E-state index in [2.05, 4.69) is 5.59 Å². The Labute approximate surface area is 113 Å². The van der Waals surface area contributed by atoms with Crippen LogP contribution in [0.25, 0.3) is 0 Å². The maximum absolute atomic E-state index is 11.4. The van der Waals surface area contributed by atoms with Crippen molar-refractivity contribution in [3.8, 4) is 0 Å². The number of rotatable bonds is 10. The highest BCUT2D eigenvalue weighted by molar-refractivity contribution is 5.59. The van der Waals surface area contributed by atoms with Gasteiger partial charge in [-0.15, -0.1) is 5.01 Å². The summed E-state index contributed by atoms with van der Waals surface area (Å²) >= 11 is 0. The van der Waals surface area contributed by atoms with Gasteiger partial charge < -0.3 is 9.47 Å². The van der Waals surface area contributed by atoms with Crippen LogP contribution in [0, 0.1) is 4.91 Å². The Morgan fingerprint density at radius 1 is 1.26 bits per heavy atom. The monoisotopic (exact) mass is 278 g/mol. The van der Waals surface area contributed by atoms with Crippen LogP contribution in [0.5, 0.6) is 0 Å². The first-order valence-corrected chi connectivity index (χ1v) is 6.44. The van der Waals surface area contributed by atoms with E-state index in [1.807, 2.05) is 13.8 Å². The van der Waals surface area contributed by atoms with E-state index in [0.717, 1.165) is 0 Å². The number of hydrogen-bond acceptors (Lipinski definition) is 5. The molecule has 0 saturated heterocycles. The number of nitrogens with zero attached hydrogens (tertiary/aromatic N) is 2. The highest BCUT2D eigenvalue weighted by Crippen LogP contribution is 1.94. The van der Waals surface area contributed by atoms with Crippen LogP contribution >= 0.6 is 0 Å². The molecule has 0 spiro atoms. The van der Waals surface area contributed by atoms with Gasteiger partial charge in [-0.05, 0) is 27.7 Å². The zero-order valence-electron chi connectivity index (χ0n) is 12.0. The smallest absolute Gasteiger partial charge is 0.434 e. The molecule has 0 rings (SSSR count). The van der Waals surface area contributed by atoms with Gasteiger partial charge in [0.2, 0.25) is 0 Å². The summed E-state index contributed by atoms with van der Waals surface area (Å²) in [6, 6.07) is 0. The number of hydrogen-bond donors (Lipinski definition) is 1. The highest BCUT2D eigenvalue weighted by atomic mass is 16.7. The molecule has 8 nitrogen and oxygen atoms in total. The van der Waals surface area contributed by atoms with Crippen molar-refractivity contribution in [2.75, 3.05) is 26.3 Å². The van der Waals surface area contributed by atoms with Gasteiger partial charge in [0, 0.05) is 12.0 Å². The molecule has 0 bridgehead atoms. The number of nitrogens with one attached hydrogen (secondary N) is 1. The predicted molar refractivity (Wildman–Crippen MR) is 67.8 cm³/mol. The lowest BCUT2D eigenvalue weighted by Crippen LogP contribution is -2.42. The summed E-state index contributed by atoms with van der Waals surface area (Å²) in [5.74, 6) is 0. The third-order valence-corrected chi connectivity index (χ3v) is 2.07. The van der Waals surface area contributed by atoms with Crippen LogP contribution in [-0.2, 0) is 14.3 Å². The Morgan fingerprint density at radius 2 is 1.89 bits per heavy atom. The molecule has 0 unspecified atom stereocenters. The normalized spacial score (nSPS) is 10.2. The quantitative estimate of drug-likeness (QED) is 0.280. The second-order valence-electron chi connectivity index (χ2n) is 3.97. The van der Waals surface area contributed by atoms with Gasteiger partial charge in [-0.2, -0.15) is 0 Å². The largest absolute Gasteiger partial charge is 0.508 e. The molecule has 0 aromatic rings. The van der Waals surface area contributed by atoms with Crippen molar-refractivity contribution in [3.05, 3.63) is 4.91 Å². The van der Waals surface area contributed by atoms with Crippen LogP contribution in [0.3, 0.4) is 0 Å². The Bertz CT molecular complexity index is 269. The summed E-state index contributed by atoms with van der Waals surface area (Å²) in [4.78, 5) is 27.8. The molecular formula is C11H24N3O5+. The lowest BCUT2D eigenvalue weighted by molar-refractivity contribution is -0.788. The summed E-state index contributed by atoms with van der Waals surface area (Å²) in [5, 5.41) is 1.51. The summed E-state index contributed by atoms with van der Waals surface area (Å²) in [6.07, 6.45) is -0.434. The van der Waals surface area contributed by atoms with Gasteiger partial charge in [0.1, 0.15) is 0 Å². The van der Waals surface area contributed by atoms with E-state index in [1.165, 1.54) is 5.01 Å². The van der Waals surface area contributed by atoms with E-state index in [0.29, 0.717) is 24.5 Å². The first-order chi connectivity index (χ1) is 9.01. The third kappa shape index (κ3) is 9.06. The molecule has 0 amide bonds. The van der Waals surface area contributed by atoms with Crippen molar-refractivity contribution >= 4 is 6.16 Å². The summed E-state index contributed by atoms with van der Waals surface area (Å²) in [5.41, 5.74) is 2.24. The van der Waals surface area contributed by atoms with Gasteiger partial charge in [-0.25, -0.2) is 9.63 Å². The fraction of sp³-hybridized carbons (Fsp3) is 0.909. The van der Waals surface area contributed by atoms with Crippen LogP contribution in [0.1, 0.15) is 34.1 Å². The first kappa shape index (κ1) is 17.4. The van der Waals surface area contributed by atoms with Crippen molar-refractivity contribution in [1.82, 2.24) is 10.6 Å². The molecule has 0 atom stereocenters. The number of ether oxygens (including phenoxy) is 2. The van der Waals surface area contributed by atoms with Crippen molar-refractivity contribution in [1.29, 1.82) is 0 Å². The van der Waals surface area contributed by atoms with E-state index in [-0.39, 0.29) is 19.3 Å². The van der Waals surface area contributed by atoms with Gasteiger partial charge in [-0.1, -0.05) is 0 Å². The van der Waals surface area contributed by atoms with Crippen LogP contribution in [0.15, 0.2) is 0 Å². The first-order valence-electron chi connectivity index (χ1n) is 6.44. The molecule has 19 heavy (non-hydrogen) atoms. The SMILES string of the molecule is CCN(CC)[N+](=O)NOCCCOC(=O)OC(C)C. The lowest BCUT2D eigenvalue weighted by Gasteiger charge is -2.09. The number of hydrazine groups is 2. The van der Waals surface area contributed by atoms with E-state index >= 15 is 0 Å². The van der Waals surface area contributed by atoms with Crippen molar-refractivity contribution in [2.45, 2.75) is 40.2 Å². The molecule has 0 heterocycles. The molecule has 112 valence electrons. The van der Waals surface area contributed by atoms with Crippen molar-refractivity contribution < 1.29 is 24.1 Å². The van der Waals surface area contributed by atoms with Gasteiger partial charge in [0.15, 0.2) is 0 Å². The summed E-state index contributed by atoms with van der Waals surface area (Å²) in [7, 11) is 0. The van der Waals surface area contributed by atoms with Crippen molar-refractivity contribution in [3.63, 3.8) is 0 Å².